The molecule has 1 aliphatic rings. The normalized spacial score (nSPS) is 18.9. The number of rotatable bonds is 0. The van der Waals surface area contributed by atoms with Gasteiger partial charge in [0.2, 0.25) is 0 Å². The summed E-state index contributed by atoms with van der Waals surface area (Å²) in [5.41, 5.74) is 0. The van der Waals surface area contributed by atoms with Crippen LogP contribution in [0, 0.1) is 0 Å². The molecule has 0 spiro atoms. The lowest BCUT2D eigenvalue weighted by atomic mass is 10.3. The summed E-state index contributed by atoms with van der Waals surface area (Å²) >= 11 is 0. The van der Waals surface area contributed by atoms with Crippen molar-refractivity contribution in [3.05, 3.63) is 0 Å². The van der Waals surface area contributed by atoms with Gasteiger partial charge >= 0.3 is 0 Å². The maximum atomic E-state index is 8.73. The Kier molecular flexibility index (Phi) is 5.64. The van der Waals surface area contributed by atoms with E-state index in [1.807, 2.05) is 26.0 Å². The Hall–Kier alpha value is -0.0800. The molecule has 0 bridgehead atoms. The molecule has 0 unspecified atom stereocenters. The summed E-state index contributed by atoms with van der Waals surface area (Å²) in [4.78, 5) is 2.00. The standard InChI is InChI=1S/C5H10O.C3H9N/c6-5-3-1-2-4-5;1-4(2)3/h5-6H,1-4H2;1-3H3. The SMILES string of the molecule is CN(C)C.OC1CCCC1. The predicted molar refractivity (Wildman–Crippen MR) is 44.1 cm³/mol. The van der Waals surface area contributed by atoms with Crippen molar-refractivity contribution in [1.29, 1.82) is 0 Å². The molecular formula is C8H19NO. The van der Waals surface area contributed by atoms with Gasteiger partial charge in [0.1, 0.15) is 0 Å². The highest BCUT2D eigenvalue weighted by Gasteiger charge is 2.09. The van der Waals surface area contributed by atoms with Crippen molar-refractivity contribution in [3.63, 3.8) is 0 Å². The van der Waals surface area contributed by atoms with E-state index in [1.54, 1.807) is 0 Å². The van der Waals surface area contributed by atoms with E-state index in [9.17, 15) is 0 Å². The van der Waals surface area contributed by atoms with Gasteiger partial charge in [-0.05, 0) is 34.0 Å². The van der Waals surface area contributed by atoms with Crippen molar-refractivity contribution in [2.24, 2.45) is 0 Å². The fraction of sp³-hybridized carbons (Fsp3) is 1.00. The van der Waals surface area contributed by atoms with Crippen molar-refractivity contribution >= 4 is 0 Å². The van der Waals surface area contributed by atoms with E-state index in [-0.39, 0.29) is 6.10 Å². The Morgan fingerprint density at radius 1 is 1.10 bits per heavy atom. The van der Waals surface area contributed by atoms with Gasteiger partial charge in [-0.1, -0.05) is 12.8 Å². The fourth-order valence-corrected chi connectivity index (χ4v) is 0.904. The van der Waals surface area contributed by atoms with Crippen molar-refractivity contribution in [2.45, 2.75) is 31.8 Å². The minimum absolute atomic E-state index is 0.0463. The molecule has 2 nitrogen and oxygen atoms in total. The van der Waals surface area contributed by atoms with E-state index in [1.165, 1.54) is 12.8 Å². The first kappa shape index (κ1) is 9.92. The highest BCUT2D eigenvalue weighted by atomic mass is 16.3. The molecule has 0 heterocycles. The molecule has 1 aliphatic carbocycles. The average molecular weight is 145 g/mol. The van der Waals surface area contributed by atoms with E-state index >= 15 is 0 Å². The fourth-order valence-electron chi connectivity index (χ4n) is 0.904. The highest BCUT2D eigenvalue weighted by molar-refractivity contribution is 4.63. The Morgan fingerprint density at radius 2 is 1.40 bits per heavy atom. The zero-order valence-corrected chi connectivity index (χ0v) is 7.30. The lowest BCUT2D eigenvalue weighted by molar-refractivity contribution is 0.183. The molecule has 0 atom stereocenters. The lowest BCUT2D eigenvalue weighted by Crippen LogP contribution is -1.99. The third-order valence-electron chi connectivity index (χ3n) is 1.32. The van der Waals surface area contributed by atoms with Gasteiger partial charge in [-0.2, -0.15) is 0 Å². The van der Waals surface area contributed by atoms with Gasteiger partial charge < -0.3 is 10.0 Å². The summed E-state index contributed by atoms with van der Waals surface area (Å²) in [7, 11) is 6.00. The number of aliphatic hydroxyl groups is 1. The zero-order valence-electron chi connectivity index (χ0n) is 7.30. The van der Waals surface area contributed by atoms with Crippen molar-refractivity contribution in [3.8, 4) is 0 Å². The molecule has 0 amide bonds. The van der Waals surface area contributed by atoms with E-state index in [4.69, 9.17) is 5.11 Å². The molecular weight excluding hydrogens is 126 g/mol. The van der Waals surface area contributed by atoms with Gasteiger partial charge in [0, 0.05) is 0 Å². The summed E-state index contributed by atoms with van der Waals surface area (Å²) in [6.07, 6.45) is 4.60. The Bertz CT molecular complexity index is 64.9. The summed E-state index contributed by atoms with van der Waals surface area (Å²) in [6, 6.07) is 0. The predicted octanol–water partition coefficient (Wildman–Crippen LogP) is 1.10. The molecule has 0 aliphatic heterocycles. The Labute approximate surface area is 63.8 Å². The molecule has 62 valence electrons. The maximum Gasteiger partial charge on any atom is 0.0540 e. The first-order valence-corrected chi connectivity index (χ1v) is 3.92. The van der Waals surface area contributed by atoms with Crippen LogP contribution in [0.2, 0.25) is 0 Å². The molecule has 0 aromatic rings. The molecule has 0 radical (unpaired) electrons. The molecule has 2 heteroatoms. The second-order valence-corrected chi connectivity index (χ2v) is 3.28. The van der Waals surface area contributed by atoms with Gasteiger partial charge in [-0.15, -0.1) is 0 Å². The van der Waals surface area contributed by atoms with Gasteiger partial charge in [-0.3, -0.25) is 0 Å². The highest BCUT2D eigenvalue weighted by Crippen LogP contribution is 2.16. The third kappa shape index (κ3) is 7.92. The molecule has 1 fully saturated rings. The molecule has 1 saturated carbocycles. The first-order valence-electron chi connectivity index (χ1n) is 3.92. The Balaban J connectivity index is 0.000000180. The van der Waals surface area contributed by atoms with E-state index in [0.29, 0.717) is 0 Å². The number of aliphatic hydroxyl groups excluding tert-OH is 1. The molecule has 10 heavy (non-hydrogen) atoms. The van der Waals surface area contributed by atoms with Crippen LogP contribution >= 0.6 is 0 Å². The van der Waals surface area contributed by atoms with Crippen LogP contribution in [0.3, 0.4) is 0 Å². The third-order valence-corrected chi connectivity index (χ3v) is 1.32. The van der Waals surface area contributed by atoms with Crippen LogP contribution in [0.1, 0.15) is 25.7 Å². The zero-order chi connectivity index (χ0) is 7.98. The van der Waals surface area contributed by atoms with E-state index < -0.39 is 0 Å². The molecule has 0 aromatic heterocycles. The topological polar surface area (TPSA) is 23.5 Å². The van der Waals surface area contributed by atoms with Gasteiger partial charge in [0.05, 0.1) is 6.10 Å². The summed E-state index contributed by atoms with van der Waals surface area (Å²) < 4.78 is 0. The minimum atomic E-state index is 0.0463. The van der Waals surface area contributed by atoms with Gasteiger partial charge in [0.25, 0.3) is 0 Å². The number of hydrogen-bond acceptors (Lipinski definition) is 2. The first-order chi connectivity index (χ1) is 4.63. The van der Waals surface area contributed by atoms with Crippen LogP contribution < -0.4 is 0 Å². The molecule has 1 rings (SSSR count). The smallest absolute Gasteiger partial charge is 0.0540 e. The van der Waals surface area contributed by atoms with Crippen molar-refractivity contribution in [2.75, 3.05) is 21.1 Å². The van der Waals surface area contributed by atoms with Crippen molar-refractivity contribution in [1.82, 2.24) is 4.90 Å². The molecule has 0 aromatic carbocycles. The van der Waals surface area contributed by atoms with Crippen LogP contribution in [0.15, 0.2) is 0 Å². The monoisotopic (exact) mass is 145 g/mol. The van der Waals surface area contributed by atoms with Crippen LogP contribution in [-0.2, 0) is 0 Å². The number of hydrogen-bond donors (Lipinski definition) is 1. The summed E-state index contributed by atoms with van der Waals surface area (Å²) in [6.45, 7) is 0. The molecule has 0 saturated heterocycles. The van der Waals surface area contributed by atoms with Crippen LogP contribution in [0.5, 0.6) is 0 Å². The molecule has 1 N–H and O–H groups in total. The Morgan fingerprint density at radius 3 is 1.50 bits per heavy atom. The second-order valence-electron chi connectivity index (χ2n) is 3.28. The van der Waals surface area contributed by atoms with Crippen molar-refractivity contribution < 1.29 is 5.11 Å². The van der Waals surface area contributed by atoms with Crippen LogP contribution in [0.25, 0.3) is 0 Å². The minimum Gasteiger partial charge on any atom is -0.393 e. The largest absolute Gasteiger partial charge is 0.393 e. The van der Waals surface area contributed by atoms with Crippen LogP contribution in [-0.4, -0.2) is 37.3 Å². The quantitative estimate of drug-likeness (QED) is 0.551. The second kappa shape index (κ2) is 5.69. The van der Waals surface area contributed by atoms with Crippen LogP contribution in [0.4, 0.5) is 0 Å². The number of nitrogens with zero attached hydrogens (tertiary/aromatic N) is 1. The average Bonchev–Trinajstić information content (AvgIpc) is 2.15. The van der Waals surface area contributed by atoms with E-state index in [0.717, 1.165) is 12.8 Å². The maximum absolute atomic E-state index is 8.73. The van der Waals surface area contributed by atoms with E-state index in [2.05, 4.69) is 0 Å². The lowest BCUT2D eigenvalue weighted by Gasteiger charge is -1.91. The van der Waals surface area contributed by atoms with Gasteiger partial charge in [-0.25, -0.2) is 0 Å². The summed E-state index contributed by atoms with van der Waals surface area (Å²) in [5, 5.41) is 8.73. The summed E-state index contributed by atoms with van der Waals surface area (Å²) in [5.74, 6) is 0. The van der Waals surface area contributed by atoms with Gasteiger partial charge in [0.15, 0.2) is 0 Å².